The van der Waals surface area contributed by atoms with E-state index in [0.717, 1.165) is 17.1 Å². The first-order valence-electron chi connectivity index (χ1n) is 8.84. The maximum absolute atomic E-state index is 13.0. The topological polar surface area (TPSA) is 83.7 Å². The molecule has 0 unspecified atom stereocenters. The molecule has 11 heteroatoms. The van der Waals surface area contributed by atoms with E-state index < -0.39 is 10.0 Å². The fourth-order valence-electron chi connectivity index (χ4n) is 3.09. The summed E-state index contributed by atoms with van der Waals surface area (Å²) >= 11 is 8.20. The number of furan rings is 1. The second-order valence-corrected chi connectivity index (χ2v) is 11.5. The Labute approximate surface area is 181 Å². The third-order valence-corrected chi connectivity index (χ3v) is 9.37. The molecule has 1 fully saturated rings. The van der Waals surface area contributed by atoms with Crippen LogP contribution in [-0.2, 0) is 10.0 Å². The van der Waals surface area contributed by atoms with E-state index in [4.69, 9.17) is 16.0 Å². The van der Waals surface area contributed by atoms with Gasteiger partial charge in [-0.25, -0.2) is 13.4 Å². The highest BCUT2D eigenvalue weighted by atomic mass is 35.5. The van der Waals surface area contributed by atoms with E-state index in [1.54, 1.807) is 17.9 Å². The second-order valence-electron chi connectivity index (χ2n) is 6.60. The zero-order valence-electron chi connectivity index (χ0n) is 15.7. The van der Waals surface area contributed by atoms with Crippen LogP contribution in [0.5, 0.6) is 0 Å². The highest BCUT2D eigenvalue weighted by Gasteiger charge is 2.32. The zero-order valence-corrected chi connectivity index (χ0v) is 18.9. The van der Waals surface area contributed by atoms with E-state index in [-0.39, 0.29) is 23.2 Å². The summed E-state index contributed by atoms with van der Waals surface area (Å²) in [6.07, 6.45) is 0. The van der Waals surface area contributed by atoms with Crippen LogP contribution in [-0.4, -0.2) is 54.7 Å². The Morgan fingerprint density at radius 3 is 2.41 bits per heavy atom. The van der Waals surface area contributed by atoms with Gasteiger partial charge in [-0.3, -0.25) is 4.79 Å². The molecule has 3 aromatic rings. The minimum absolute atomic E-state index is 0.134. The first-order valence-corrected chi connectivity index (χ1v) is 12.3. The third kappa shape index (κ3) is 3.99. The normalized spacial score (nSPS) is 15.8. The lowest BCUT2D eigenvalue weighted by Crippen LogP contribution is -2.50. The smallest absolute Gasteiger partial charge is 0.265 e. The van der Waals surface area contributed by atoms with Crippen molar-refractivity contribution < 1.29 is 17.6 Å². The summed E-state index contributed by atoms with van der Waals surface area (Å²) in [5.74, 6) is 1.29. The van der Waals surface area contributed by atoms with Gasteiger partial charge in [0.15, 0.2) is 10.8 Å². The molecule has 1 aliphatic heterocycles. The van der Waals surface area contributed by atoms with Gasteiger partial charge in [0.1, 0.15) is 14.8 Å². The van der Waals surface area contributed by atoms with Gasteiger partial charge in [0.05, 0.1) is 10.0 Å². The van der Waals surface area contributed by atoms with Gasteiger partial charge in [-0.2, -0.15) is 4.31 Å². The zero-order chi connectivity index (χ0) is 20.8. The summed E-state index contributed by atoms with van der Waals surface area (Å²) in [5, 5.41) is 0.662. The number of sulfonamides is 1. The van der Waals surface area contributed by atoms with Gasteiger partial charge in [-0.1, -0.05) is 11.6 Å². The van der Waals surface area contributed by atoms with Crippen LogP contribution in [0.4, 0.5) is 0 Å². The number of aromatic nitrogens is 1. The van der Waals surface area contributed by atoms with E-state index in [9.17, 15) is 13.2 Å². The molecule has 0 spiro atoms. The Hall–Kier alpha value is -1.72. The van der Waals surface area contributed by atoms with Gasteiger partial charge in [0, 0.05) is 26.2 Å². The Bertz CT molecular complexity index is 1160. The van der Waals surface area contributed by atoms with Gasteiger partial charge in [0.2, 0.25) is 0 Å². The molecule has 4 rings (SSSR count). The summed E-state index contributed by atoms with van der Waals surface area (Å²) in [6, 6.07) is 6.78. The highest BCUT2D eigenvalue weighted by molar-refractivity contribution is 7.91. The van der Waals surface area contributed by atoms with Crippen LogP contribution in [0.15, 0.2) is 32.9 Å². The van der Waals surface area contributed by atoms with E-state index in [0.29, 0.717) is 38.8 Å². The number of thiophene rings is 1. The van der Waals surface area contributed by atoms with Crippen LogP contribution in [0, 0.1) is 13.8 Å². The van der Waals surface area contributed by atoms with Gasteiger partial charge in [-0.05, 0) is 38.1 Å². The summed E-state index contributed by atoms with van der Waals surface area (Å²) in [5.41, 5.74) is 0.646. The maximum atomic E-state index is 13.0. The minimum atomic E-state index is -3.59. The Morgan fingerprint density at radius 2 is 1.83 bits per heavy atom. The van der Waals surface area contributed by atoms with E-state index in [1.807, 2.05) is 19.1 Å². The van der Waals surface area contributed by atoms with Crippen LogP contribution < -0.4 is 0 Å². The predicted octanol–water partition coefficient (Wildman–Crippen LogP) is 3.88. The van der Waals surface area contributed by atoms with Gasteiger partial charge < -0.3 is 9.32 Å². The number of hydrogen-bond donors (Lipinski definition) is 0. The summed E-state index contributed by atoms with van der Waals surface area (Å²) in [4.78, 5) is 19.7. The molecule has 0 aliphatic carbocycles. The number of piperazine rings is 1. The molecule has 7 nitrogen and oxygen atoms in total. The monoisotopic (exact) mass is 471 g/mol. The molecule has 0 atom stereocenters. The number of halogens is 1. The van der Waals surface area contributed by atoms with Gasteiger partial charge >= 0.3 is 0 Å². The van der Waals surface area contributed by atoms with E-state index in [2.05, 4.69) is 4.98 Å². The molecule has 1 amide bonds. The largest absolute Gasteiger partial charge is 0.459 e. The Kier molecular flexibility index (Phi) is 5.56. The Morgan fingerprint density at radius 1 is 1.10 bits per heavy atom. The van der Waals surface area contributed by atoms with Crippen molar-refractivity contribution in [3.05, 3.63) is 44.9 Å². The minimum Gasteiger partial charge on any atom is -0.459 e. The van der Waals surface area contributed by atoms with Crippen molar-refractivity contribution in [2.75, 3.05) is 26.2 Å². The SMILES string of the molecule is Cc1ccc(-c2nc(C)c(C(=O)N3CCN(S(=O)(=O)c4ccc(Cl)s4)CC3)s2)o1. The number of carbonyl (C=O) groups is 1. The molecule has 0 saturated carbocycles. The molecule has 29 heavy (non-hydrogen) atoms. The van der Waals surface area contributed by atoms with Crippen LogP contribution >= 0.6 is 34.3 Å². The summed E-state index contributed by atoms with van der Waals surface area (Å²) in [6.45, 7) is 4.78. The molecular formula is C18H18ClN3O4S3. The number of amides is 1. The van der Waals surface area contributed by atoms with Gasteiger partial charge in [-0.15, -0.1) is 22.7 Å². The number of aryl methyl sites for hydroxylation is 2. The van der Waals surface area contributed by atoms with Crippen molar-refractivity contribution in [2.45, 2.75) is 18.1 Å². The molecule has 4 heterocycles. The highest BCUT2D eigenvalue weighted by Crippen LogP contribution is 2.31. The quantitative estimate of drug-likeness (QED) is 0.576. The van der Waals surface area contributed by atoms with Crippen molar-refractivity contribution in [2.24, 2.45) is 0 Å². The maximum Gasteiger partial charge on any atom is 0.265 e. The van der Waals surface area contributed by atoms with Crippen molar-refractivity contribution >= 4 is 50.2 Å². The molecule has 0 bridgehead atoms. The average molecular weight is 472 g/mol. The number of carbonyl (C=O) groups excluding carboxylic acids is 1. The predicted molar refractivity (Wildman–Crippen MR) is 113 cm³/mol. The lowest BCUT2D eigenvalue weighted by atomic mass is 10.3. The van der Waals surface area contributed by atoms with E-state index >= 15 is 0 Å². The van der Waals surface area contributed by atoms with Crippen molar-refractivity contribution in [3.8, 4) is 10.8 Å². The number of nitrogens with zero attached hydrogens (tertiary/aromatic N) is 3. The molecule has 0 N–H and O–H groups in total. The van der Waals surface area contributed by atoms with Crippen molar-refractivity contribution in [1.82, 2.24) is 14.2 Å². The molecular weight excluding hydrogens is 454 g/mol. The Balaban J connectivity index is 1.46. The first-order chi connectivity index (χ1) is 13.8. The molecule has 1 aliphatic rings. The van der Waals surface area contributed by atoms with Crippen LogP contribution in [0.25, 0.3) is 10.8 Å². The summed E-state index contributed by atoms with van der Waals surface area (Å²) in [7, 11) is -3.59. The van der Waals surface area contributed by atoms with Crippen molar-refractivity contribution in [1.29, 1.82) is 0 Å². The van der Waals surface area contributed by atoms with Crippen LogP contribution in [0.2, 0.25) is 4.34 Å². The number of hydrogen-bond acceptors (Lipinski definition) is 7. The lowest BCUT2D eigenvalue weighted by molar-refractivity contribution is 0.0702. The van der Waals surface area contributed by atoms with Crippen LogP contribution in [0.1, 0.15) is 21.1 Å². The molecule has 154 valence electrons. The average Bonchev–Trinajstić information content (AvgIpc) is 3.41. The second kappa shape index (κ2) is 7.84. The lowest BCUT2D eigenvalue weighted by Gasteiger charge is -2.33. The summed E-state index contributed by atoms with van der Waals surface area (Å²) < 4.78 is 33.1. The standard InChI is InChI=1S/C18H18ClN3O4S3/c1-11-3-4-13(26-11)17-20-12(2)16(28-17)18(23)21-7-9-22(10-8-21)29(24,25)15-6-5-14(19)27-15/h3-6H,7-10H2,1-2H3. The van der Waals surface area contributed by atoms with Gasteiger partial charge in [0.25, 0.3) is 15.9 Å². The fourth-order valence-corrected chi connectivity index (χ4v) is 7.14. The number of rotatable bonds is 4. The van der Waals surface area contributed by atoms with Crippen molar-refractivity contribution in [3.63, 3.8) is 0 Å². The molecule has 3 aromatic heterocycles. The number of thiazole rings is 1. The molecule has 0 radical (unpaired) electrons. The van der Waals surface area contributed by atoms with Crippen LogP contribution in [0.3, 0.4) is 0 Å². The molecule has 0 aromatic carbocycles. The third-order valence-electron chi connectivity index (χ3n) is 4.61. The first kappa shape index (κ1) is 20.5. The molecule has 1 saturated heterocycles. The fraction of sp³-hybridized carbons (Fsp3) is 0.333. The van der Waals surface area contributed by atoms with E-state index in [1.165, 1.54) is 21.7 Å².